The summed E-state index contributed by atoms with van der Waals surface area (Å²) in [6, 6.07) is 12.5. The number of nitro groups is 1. The van der Waals surface area contributed by atoms with Gasteiger partial charge in [-0.25, -0.2) is 22.8 Å². The van der Waals surface area contributed by atoms with E-state index in [-0.39, 0.29) is 18.0 Å². The summed E-state index contributed by atoms with van der Waals surface area (Å²) < 4.78 is 28.5. The second kappa shape index (κ2) is 7.42. The van der Waals surface area contributed by atoms with Crippen LogP contribution in [0.2, 0.25) is 0 Å². The fraction of sp³-hybridized carbons (Fsp3) is 0.125. The molecule has 0 fully saturated rings. The second-order valence-corrected chi connectivity index (χ2v) is 7.25. The van der Waals surface area contributed by atoms with Gasteiger partial charge in [-0.1, -0.05) is 18.2 Å². The van der Waals surface area contributed by atoms with Gasteiger partial charge in [-0.05, 0) is 23.8 Å². The molecule has 1 N–H and O–H groups in total. The third kappa shape index (κ3) is 4.49. The van der Waals surface area contributed by atoms with E-state index in [0.29, 0.717) is 17.1 Å². The van der Waals surface area contributed by atoms with Gasteiger partial charge >= 0.3 is 0 Å². The van der Waals surface area contributed by atoms with Gasteiger partial charge in [-0.15, -0.1) is 0 Å². The van der Waals surface area contributed by atoms with Gasteiger partial charge in [-0.2, -0.15) is 5.10 Å². The maximum atomic E-state index is 12.2. The molecule has 0 aliphatic heterocycles. The Labute approximate surface area is 149 Å². The molecule has 3 rings (SSSR count). The largest absolute Gasteiger partial charge is 0.269 e. The van der Waals surface area contributed by atoms with Gasteiger partial charge in [0, 0.05) is 24.5 Å². The van der Waals surface area contributed by atoms with E-state index in [4.69, 9.17) is 0 Å². The van der Waals surface area contributed by atoms with Gasteiger partial charge in [0.15, 0.2) is 5.82 Å². The first-order valence-corrected chi connectivity index (χ1v) is 9.25. The van der Waals surface area contributed by atoms with Crippen molar-refractivity contribution in [2.24, 2.45) is 0 Å². The van der Waals surface area contributed by atoms with Crippen LogP contribution in [0.15, 0.2) is 60.9 Å². The van der Waals surface area contributed by atoms with E-state index in [1.165, 1.54) is 24.3 Å². The Hall–Kier alpha value is -3.11. The molecular weight excluding hydrogens is 358 g/mol. The molecule has 0 atom stereocenters. The maximum Gasteiger partial charge on any atom is 0.269 e. The Morgan fingerprint density at radius 3 is 2.69 bits per heavy atom. The van der Waals surface area contributed by atoms with Crippen LogP contribution in [-0.4, -0.2) is 28.1 Å². The molecule has 0 spiro atoms. The number of aromatic nitrogens is 3. The predicted molar refractivity (Wildman–Crippen MR) is 93.9 cm³/mol. The first-order valence-electron chi connectivity index (χ1n) is 7.59. The molecule has 0 saturated heterocycles. The summed E-state index contributed by atoms with van der Waals surface area (Å²) >= 11 is 0. The quantitative estimate of drug-likeness (QED) is 0.498. The van der Waals surface area contributed by atoms with Gasteiger partial charge < -0.3 is 0 Å². The molecule has 0 aliphatic rings. The zero-order chi connectivity index (χ0) is 18.6. The Bertz CT molecular complexity index is 1020. The van der Waals surface area contributed by atoms with Crippen molar-refractivity contribution < 1.29 is 13.3 Å². The number of nitro benzene ring substituents is 1. The van der Waals surface area contributed by atoms with Gasteiger partial charge in [0.2, 0.25) is 10.0 Å². The van der Waals surface area contributed by atoms with Crippen molar-refractivity contribution in [2.75, 3.05) is 0 Å². The fourth-order valence-corrected chi connectivity index (χ4v) is 3.40. The van der Waals surface area contributed by atoms with E-state index < -0.39 is 14.9 Å². The highest BCUT2D eigenvalue weighted by molar-refractivity contribution is 7.88. The zero-order valence-electron chi connectivity index (χ0n) is 13.5. The Morgan fingerprint density at radius 1 is 1.15 bits per heavy atom. The lowest BCUT2D eigenvalue weighted by Crippen LogP contribution is -2.25. The molecule has 0 unspecified atom stereocenters. The number of hydrogen-bond acceptors (Lipinski definition) is 6. The highest BCUT2D eigenvalue weighted by Gasteiger charge is 2.14. The van der Waals surface area contributed by atoms with Crippen LogP contribution in [0.25, 0.3) is 5.82 Å². The number of rotatable bonds is 7. The molecule has 10 heteroatoms. The number of pyridine rings is 1. The smallest absolute Gasteiger partial charge is 0.258 e. The SMILES string of the molecule is O=[N+]([O-])c1cccc(CS(=O)(=O)NCc2cccc(-n3cccn3)n2)c1. The number of sulfonamides is 1. The molecule has 134 valence electrons. The molecule has 1 aromatic carbocycles. The first kappa shape index (κ1) is 17.7. The van der Waals surface area contributed by atoms with Gasteiger partial charge in [0.05, 0.1) is 22.9 Å². The monoisotopic (exact) mass is 373 g/mol. The van der Waals surface area contributed by atoms with Crippen LogP contribution in [0.5, 0.6) is 0 Å². The third-order valence-electron chi connectivity index (χ3n) is 3.48. The van der Waals surface area contributed by atoms with Crippen molar-refractivity contribution >= 4 is 15.7 Å². The number of nitrogens with zero attached hydrogens (tertiary/aromatic N) is 4. The fourth-order valence-electron chi connectivity index (χ4n) is 2.31. The van der Waals surface area contributed by atoms with Crippen molar-refractivity contribution in [1.29, 1.82) is 0 Å². The van der Waals surface area contributed by atoms with Crippen molar-refractivity contribution in [1.82, 2.24) is 19.5 Å². The Balaban J connectivity index is 1.68. The van der Waals surface area contributed by atoms with Crippen molar-refractivity contribution in [3.05, 3.63) is 82.3 Å². The maximum absolute atomic E-state index is 12.2. The van der Waals surface area contributed by atoms with Crippen molar-refractivity contribution in [3.8, 4) is 5.82 Å². The van der Waals surface area contributed by atoms with E-state index in [1.54, 1.807) is 41.3 Å². The normalized spacial score (nSPS) is 11.4. The predicted octanol–water partition coefficient (Wildman–Crippen LogP) is 1.80. The van der Waals surface area contributed by atoms with Crippen molar-refractivity contribution in [2.45, 2.75) is 12.3 Å². The standard InChI is InChI=1S/C16H15N5O4S/c22-21(23)15-6-1-4-13(10-15)12-26(24,25)18-11-14-5-2-7-16(19-14)20-9-3-8-17-20/h1-10,18H,11-12H2. The third-order valence-corrected chi connectivity index (χ3v) is 4.78. The van der Waals surface area contributed by atoms with Crippen molar-refractivity contribution in [3.63, 3.8) is 0 Å². The van der Waals surface area contributed by atoms with E-state index in [9.17, 15) is 18.5 Å². The van der Waals surface area contributed by atoms with E-state index in [0.717, 1.165) is 0 Å². The number of benzene rings is 1. The van der Waals surface area contributed by atoms with Crippen LogP contribution in [0.4, 0.5) is 5.69 Å². The van der Waals surface area contributed by atoms with Crippen LogP contribution < -0.4 is 4.72 Å². The minimum Gasteiger partial charge on any atom is -0.258 e. The molecule has 0 saturated carbocycles. The van der Waals surface area contributed by atoms with Crippen LogP contribution in [0, 0.1) is 10.1 Å². The zero-order valence-corrected chi connectivity index (χ0v) is 14.3. The lowest BCUT2D eigenvalue weighted by molar-refractivity contribution is -0.384. The minimum atomic E-state index is -3.68. The summed E-state index contributed by atoms with van der Waals surface area (Å²) in [6.45, 7) is 0.00632. The highest BCUT2D eigenvalue weighted by atomic mass is 32.2. The number of non-ortho nitro benzene ring substituents is 1. The molecule has 2 heterocycles. The summed E-state index contributed by atoms with van der Waals surface area (Å²) in [5.41, 5.74) is 0.719. The summed E-state index contributed by atoms with van der Waals surface area (Å²) in [4.78, 5) is 14.6. The molecular formula is C16H15N5O4S. The van der Waals surface area contributed by atoms with E-state index >= 15 is 0 Å². The van der Waals surface area contributed by atoms with E-state index in [1.807, 2.05) is 0 Å². The van der Waals surface area contributed by atoms with Crippen LogP contribution >= 0.6 is 0 Å². The van der Waals surface area contributed by atoms with Gasteiger partial charge in [0.25, 0.3) is 5.69 Å². The lowest BCUT2D eigenvalue weighted by atomic mass is 10.2. The molecule has 0 radical (unpaired) electrons. The van der Waals surface area contributed by atoms with Crippen LogP contribution in [-0.2, 0) is 22.3 Å². The minimum absolute atomic E-state index is 0.00632. The van der Waals surface area contributed by atoms with Gasteiger partial charge in [-0.3, -0.25) is 10.1 Å². The Morgan fingerprint density at radius 2 is 1.96 bits per heavy atom. The molecule has 0 bridgehead atoms. The topological polar surface area (TPSA) is 120 Å². The summed E-state index contributed by atoms with van der Waals surface area (Å²) in [7, 11) is -3.68. The summed E-state index contributed by atoms with van der Waals surface area (Å²) in [5.74, 6) is 0.221. The van der Waals surface area contributed by atoms with Crippen LogP contribution in [0.3, 0.4) is 0 Å². The molecule has 0 amide bonds. The molecule has 3 aromatic rings. The average molecular weight is 373 g/mol. The average Bonchev–Trinajstić information content (AvgIpc) is 3.15. The van der Waals surface area contributed by atoms with Gasteiger partial charge in [0.1, 0.15) is 0 Å². The molecule has 9 nitrogen and oxygen atoms in total. The number of hydrogen-bond donors (Lipinski definition) is 1. The second-order valence-electron chi connectivity index (χ2n) is 5.44. The lowest BCUT2D eigenvalue weighted by Gasteiger charge is -2.08. The molecule has 2 aromatic heterocycles. The molecule has 0 aliphatic carbocycles. The highest BCUT2D eigenvalue weighted by Crippen LogP contribution is 2.15. The summed E-state index contributed by atoms with van der Waals surface area (Å²) in [6.07, 6.45) is 3.36. The van der Waals surface area contributed by atoms with Crippen LogP contribution in [0.1, 0.15) is 11.3 Å². The van der Waals surface area contributed by atoms with E-state index in [2.05, 4.69) is 14.8 Å². The Kier molecular flexibility index (Phi) is 5.05. The number of nitrogens with one attached hydrogen (secondary N) is 1. The summed E-state index contributed by atoms with van der Waals surface area (Å²) in [5, 5.41) is 14.9. The molecule has 26 heavy (non-hydrogen) atoms. The first-order chi connectivity index (χ1) is 12.4.